The molecule has 3 unspecified atom stereocenters. The lowest BCUT2D eigenvalue weighted by Gasteiger charge is -2.38. The maximum Gasteiger partial charge on any atom is 0.0749 e. The number of rotatable bonds is 3. The van der Waals surface area contributed by atoms with E-state index in [0.717, 1.165) is 11.8 Å². The largest absolute Gasteiger partial charge is 0.373 e. The molecule has 1 aliphatic carbocycles. The Balaban J connectivity index is 2.51. The summed E-state index contributed by atoms with van der Waals surface area (Å²) in [6.45, 7) is 11.9. The van der Waals surface area contributed by atoms with Gasteiger partial charge in [0, 0.05) is 6.54 Å². The molecule has 1 rings (SSSR count). The maximum atomic E-state index is 6.22. The van der Waals surface area contributed by atoms with Crippen molar-refractivity contribution in [1.82, 2.24) is 0 Å². The topological polar surface area (TPSA) is 35.2 Å². The van der Waals surface area contributed by atoms with Crippen molar-refractivity contribution < 1.29 is 4.74 Å². The van der Waals surface area contributed by atoms with Crippen molar-refractivity contribution in [2.45, 2.75) is 66.1 Å². The van der Waals surface area contributed by atoms with Crippen LogP contribution in [0, 0.1) is 17.3 Å². The third-order valence-corrected chi connectivity index (χ3v) is 3.67. The molecule has 0 aromatic rings. The summed E-state index contributed by atoms with van der Waals surface area (Å²) in [7, 11) is 0. The standard InChI is InChI=1S/C14H29NO/c1-10-6-11(2)8-12(7-10)16-13(9-15)14(3,4)5/h10-13H,6-9,15H2,1-5H3. The Hall–Kier alpha value is -0.0800. The number of hydrogen-bond donors (Lipinski definition) is 1. The molecule has 0 aromatic carbocycles. The van der Waals surface area contributed by atoms with Crippen LogP contribution >= 0.6 is 0 Å². The molecule has 3 atom stereocenters. The van der Waals surface area contributed by atoms with Crippen LogP contribution in [0.25, 0.3) is 0 Å². The van der Waals surface area contributed by atoms with E-state index >= 15 is 0 Å². The van der Waals surface area contributed by atoms with Crippen LogP contribution in [0.5, 0.6) is 0 Å². The van der Waals surface area contributed by atoms with Crippen molar-refractivity contribution in [2.24, 2.45) is 23.0 Å². The SMILES string of the molecule is CC1CC(C)CC(OC(CN)C(C)(C)C)C1. The second kappa shape index (κ2) is 5.50. The fraction of sp³-hybridized carbons (Fsp3) is 1.00. The molecule has 2 heteroatoms. The quantitative estimate of drug-likeness (QED) is 0.803. The average molecular weight is 227 g/mol. The fourth-order valence-corrected chi connectivity index (χ4v) is 2.83. The summed E-state index contributed by atoms with van der Waals surface area (Å²) < 4.78 is 6.22. The van der Waals surface area contributed by atoms with Gasteiger partial charge in [0.15, 0.2) is 0 Å². The highest BCUT2D eigenvalue weighted by Crippen LogP contribution is 2.33. The lowest BCUT2D eigenvalue weighted by molar-refractivity contribution is -0.0866. The number of ether oxygens (including phenoxy) is 1. The monoisotopic (exact) mass is 227 g/mol. The summed E-state index contributed by atoms with van der Waals surface area (Å²) in [5.41, 5.74) is 5.97. The van der Waals surface area contributed by atoms with Crippen molar-refractivity contribution in [3.8, 4) is 0 Å². The first kappa shape index (κ1) is 14.0. The van der Waals surface area contributed by atoms with E-state index in [1.54, 1.807) is 0 Å². The van der Waals surface area contributed by atoms with Gasteiger partial charge in [-0.25, -0.2) is 0 Å². The van der Waals surface area contributed by atoms with E-state index in [2.05, 4.69) is 34.6 Å². The lowest BCUT2D eigenvalue weighted by atomic mass is 9.81. The molecule has 0 radical (unpaired) electrons. The third kappa shape index (κ3) is 4.06. The third-order valence-electron chi connectivity index (χ3n) is 3.67. The molecule has 16 heavy (non-hydrogen) atoms. The first-order chi connectivity index (χ1) is 7.32. The van der Waals surface area contributed by atoms with Crippen LogP contribution in [0.2, 0.25) is 0 Å². The van der Waals surface area contributed by atoms with E-state index in [1.807, 2.05) is 0 Å². The Bertz CT molecular complexity index is 199. The number of nitrogens with two attached hydrogens (primary N) is 1. The van der Waals surface area contributed by atoms with Crippen LogP contribution in [0.15, 0.2) is 0 Å². The Morgan fingerprint density at radius 3 is 2.00 bits per heavy atom. The van der Waals surface area contributed by atoms with Gasteiger partial charge in [-0.05, 0) is 36.5 Å². The van der Waals surface area contributed by atoms with E-state index in [4.69, 9.17) is 10.5 Å². The van der Waals surface area contributed by atoms with Gasteiger partial charge in [-0.3, -0.25) is 0 Å². The Kier molecular flexibility index (Phi) is 4.81. The van der Waals surface area contributed by atoms with Crippen LogP contribution in [0.4, 0.5) is 0 Å². The summed E-state index contributed by atoms with van der Waals surface area (Å²) in [4.78, 5) is 0. The van der Waals surface area contributed by atoms with Crippen LogP contribution in [-0.2, 0) is 4.74 Å². The van der Waals surface area contributed by atoms with Gasteiger partial charge in [-0.1, -0.05) is 34.6 Å². The number of hydrogen-bond acceptors (Lipinski definition) is 2. The molecule has 96 valence electrons. The predicted octanol–water partition coefficient (Wildman–Crippen LogP) is 3.20. The molecule has 0 saturated heterocycles. The molecule has 0 aromatic heterocycles. The zero-order chi connectivity index (χ0) is 12.3. The fourth-order valence-electron chi connectivity index (χ4n) is 2.83. The van der Waals surface area contributed by atoms with Crippen LogP contribution < -0.4 is 5.73 Å². The van der Waals surface area contributed by atoms with Gasteiger partial charge in [-0.2, -0.15) is 0 Å². The van der Waals surface area contributed by atoms with Crippen LogP contribution in [-0.4, -0.2) is 18.8 Å². The summed E-state index contributed by atoms with van der Waals surface area (Å²) in [6, 6.07) is 0. The van der Waals surface area contributed by atoms with Gasteiger partial charge in [0.2, 0.25) is 0 Å². The van der Waals surface area contributed by atoms with Gasteiger partial charge in [-0.15, -0.1) is 0 Å². The molecule has 1 saturated carbocycles. The van der Waals surface area contributed by atoms with Gasteiger partial charge in [0.1, 0.15) is 0 Å². The summed E-state index contributed by atoms with van der Waals surface area (Å²) in [6.07, 6.45) is 4.37. The van der Waals surface area contributed by atoms with Crippen molar-refractivity contribution >= 4 is 0 Å². The van der Waals surface area contributed by atoms with Gasteiger partial charge < -0.3 is 10.5 Å². The highest BCUT2D eigenvalue weighted by Gasteiger charge is 2.31. The minimum Gasteiger partial charge on any atom is -0.373 e. The van der Waals surface area contributed by atoms with Gasteiger partial charge in [0.05, 0.1) is 12.2 Å². The van der Waals surface area contributed by atoms with Crippen LogP contribution in [0.1, 0.15) is 53.9 Å². The molecule has 0 amide bonds. The molecular formula is C14H29NO. The van der Waals surface area contributed by atoms with Gasteiger partial charge >= 0.3 is 0 Å². The first-order valence-electron chi connectivity index (χ1n) is 6.68. The molecule has 0 bridgehead atoms. The van der Waals surface area contributed by atoms with Gasteiger partial charge in [0.25, 0.3) is 0 Å². The lowest BCUT2D eigenvalue weighted by Crippen LogP contribution is -2.41. The molecule has 1 aliphatic rings. The zero-order valence-electron chi connectivity index (χ0n) is 11.6. The predicted molar refractivity (Wildman–Crippen MR) is 69.3 cm³/mol. The van der Waals surface area contributed by atoms with E-state index < -0.39 is 0 Å². The molecule has 0 aliphatic heterocycles. The van der Waals surface area contributed by atoms with Crippen molar-refractivity contribution in [2.75, 3.05) is 6.54 Å². The minimum atomic E-state index is 0.151. The van der Waals surface area contributed by atoms with E-state index in [-0.39, 0.29) is 11.5 Å². The van der Waals surface area contributed by atoms with E-state index in [0.29, 0.717) is 12.6 Å². The second-order valence-electron chi connectivity index (χ2n) is 6.77. The van der Waals surface area contributed by atoms with Crippen molar-refractivity contribution in [3.63, 3.8) is 0 Å². The zero-order valence-corrected chi connectivity index (χ0v) is 11.6. The molecular weight excluding hydrogens is 198 g/mol. The summed E-state index contributed by atoms with van der Waals surface area (Å²) >= 11 is 0. The molecule has 1 fully saturated rings. The normalized spacial score (nSPS) is 33.8. The summed E-state index contributed by atoms with van der Waals surface area (Å²) in [5, 5.41) is 0. The Labute approximate surface area is 101 Å². The maximum absolute atomic E-state index is 6.22. The highest BCUT2D eigenvalue weighted by atomic mass is 16.5. The molecule has 2 nitrogen and oxygen atoms in total. The molecule has 0 heterocycles. The van der Waals surface area contributed by atoms with Crippen molar-refractivity contribution in [3.05, 3.63) is 0 Å². The minimum absolute atomic E-state index is 0.151. The van der Waals surface area contributed by atoms with E-state index in [1.165, 1.54) is 19.3 Å². The first-order valence-corrected chi connectivity index (χ1v) is 6.68. The molecule has 0 spiro atoms. The average Bonchev–Trinajstić information content (AvgIpc) is 2.10. The Morgan fingerprint density at radius 1 is 1.12 bits per heavy atom. The van der Waals surface area contributed by atoms with Crippen LogP contribution in [0.3, 0.4) is 0 Å². The second-order valence-corrected chi connectivity index (χ2v) is 6.77. The smallest absolute Gasteiger partial charge is 0.0749 e. The summed E-state index contributed by atoms with van der Waals surface area (Å²) in [5.74, 6) is 1.60. The highest BCUT2D eigenvalue weighted by molar-refractivity contribution is 4.81. The molecule has 2 N–H and O–H groups in total. The van der Waals surface area contributed by atoms with Crippen molar-refractivity contribution in [1.29, 1.82) is 0 Å². The van der Waals surface area contributed by atoms with E-state index in [9.17, 15) is 0 Å². The Morgan fingerprint density at radius 2 is 1.62 bits per heavy atom.